The Balaban J connectivity index is 2.33. The number of nitrogens with zero attached hydrogens (tertiary/aromatic N) is 1. The molecule has 0 aromatic heterocycles. The molecule has 1 N–H and O–H groups in total. The zero-order valence-corrected chi connectivity index (χ0v) is 20.3. The van der Waals surface area contributed by atoms with Crippen molar-refractivity contribution in [1.82, 2.24) is 10.2 Å². The maximum atomic E-state index is 13.2. The number of carbonyl (C=O) groups is 2. The van der Waals surface area contributed by atoms with Crippen molar-refractivity contribution in [3.63, 3.8) is 0 Å². The van der Waals surface area contributed by atoms with Crippen LogP contribution in [-0.2, 0) is 22.6 Å². The summed E-state index contributed by atoms with van der Waals surface area (Å²) < 4.78 is 0. The highest BCUT2D eigenvalue weighted by molar-refractivity contribution is 6.35. The molecule has 0 radical (unpaired) electrons. The molecule has 0 fully saturated rings. The van der Waals surface area contributed by atoms with Gasteiger partial charge in [-0.1, -0.05) is 58.5 Å². The summed E-state index contributed by atoms with van der Waals surface area (Å²) in [4.78, 5) is 27.5. The third-order valence-corrected chi connectivity index (χ3v) is 5.55. The van der Waals surface area contributed by atoms with E-state index in [1.54, 1.807) is 43.3 Å². The zero-order chi connectivity index (χ0) is 22.6. The summed E-state index contributed by atoms with van der Waals surface area (Å²) in [5.41, 5.74) is 0.881. The first-order chi connectivity index (χ1) is 13.9. The van der Waals surface area contributed by atoms with E-state index >= 15 is 0 Å². The van der Waals surface area contributed by atoms with Crippen molar-refractivity contribution in [3.05, 3.63) is 67.6 Å². The molecule has 30 heavy (non-hydrogen) atoms. The van der Waals surface area contributed by atoms with E-state index in [0.717, 1.165) is 0 Å². The monoisotopic (exact) mass is 488 g/mol. The lowest BCUT2D eigenvalue weighted by Crippen LogP contribution is -2.52. The van der Waals surface area contributed by atoms with Crippen LogP contribution in [0.1, 0.15) is 38.8 Å². The Labute approximate surface area is 197 Å². The first-order valence-electron chi connectivity index (χ1n) is 9.36. The molecule has 0 saturated carbocycles. The molecule has 4 nitrogen and oxygen atoms in total. The van der Waals surface area contributed by atoms with Crippen LogP contribution in [0.3, 0.4) is 0 Å². The summed E-state index contributed by atoms with van der Waals surface area (Å²) in [5, 5.41) is 4.71. The van der Waals surface area contributed by atoms with E-state index in [9.17, 15) is 9.59 Å². The third kappa shape index (κ3) is 7.05. The molecule has 0 spiro atoms. The normalized spacial score (nSPS) is 12.4. The number of amides is 2. The van der Waals surface area contributed by atoms with Crippen LogP contribution < -0.4 is 5.32 Å². The van der Waals surface area contributed by atoms with Gasteiger partial charge in [0, 0.05) is 32.2 Å². The molecule has 2 aromatic carbocycles. The fourth-order valence-corrected chi connectivity index (χ4v) is 3.76. The summed E-state index contributed by atoms with van der Waals surface area (Å²) >= 11 is 24.5. The molecular weight excluding hydrogens is 466 g/mol. The molecule has 0 aliphatic heterocycles. The zero-order valence-electron chi connectivity index (χ0n) is 17.2. The molecule has 162 valence electrons. The molecule has 0 aliphatic carbocycles. The van der Waals surface area contributed by atoms with E-state index in [1.807, 2.05) is 20.8 Å². The van der Waals surface area contributed by atoms with Crippen molar-refractivity contribution < 1.29 is 9.59 Å². The van der Waals surface area contributed by atoms with Gasteiger partial charge in [-0.15, -0.1) is 0 Å². The van der Waals surface area contributed by atoms with E-state index in [1.165, 1.54) is 4.90 Å². The lowest BCUT2D eigenvalue weighted by Gasteiger charge is -2.32. The second kappa shape index (κ2) is 10.2. The second-order valence-corrected chi connectivity index (χ2v) is 9.77. The van der Waals surface area contributed by atoms with Crippen LogP contribution in [0.15, 0.2) is 36.4 Å². The Hall–Kier alpha value is -1.46. The number of benzene rings is 2. The number of rotatable bonds is 6. The quantitative estimate of drug-likeness (QED) is 0.527. The SMILES string of the molecule is C[C@H](C(=O)NC(C)(C)C)N(Cc1ccc(Cl)cc1Cl)C(=O)Cc1ccc(Cl)cc1Cl. The minimum absolute atomic E-state index is 0.0222. The van der Waals surface area contributed by atoms with Gasteiger partial charge in [-0.2, -0.15) is 0 Å². The number of hydrogen-bond donors (Lipinski definition) is 1. The van der Waals surface area contributed by atoms with Gasteiger partial charge in [0.2, 0.25) is 11.8 Å². The van der Waals surface area contributed by atoms with Crippen molar-refractivity contribution >= 4 is 58.2 Å². The first-order valence-corrected chi connectivity index (χ1v) is 10.9. The Morgan fingerprint density at radius 3 is 1.90 bits per heavy atom. The molecule has 8 heteroatoms. The molecule has 1 atom stereocenters. The van der Waals surface area contributed by atoms with Gasteiger partial charge in [-0.3, -0.25) is 9.59 Å². The summed E-state index contributed by atoms with van der Waals surface area (Å²) in [7, 11) is 0. The minimum Gasteiger partial charge on any atom is -0.350 e. The lowest BCUT2D eigenvalue weighted by atomic mass is 10.1. The summed E-state index contributed by atoms with van der Waals surface area (Å²) in [5.74, 6) is -0.523. The number of halogens is 4. The maximum absolute atomic E-state index is 13.2. The van der Waals surface area contributed by atoms with E-state index in [0.29, 0.717) is 31.2 Å². The lowest BCUT2D eigenvalue weighted by molar-refractivity contribution is -0.140. The van der Waals surface area contributed by atoms with Crippen molar-refractivity contribution in [3.8, 4) is 0 Å². The van der Waals surface area contributed by atoms with Crippen LogP contribution in [0.4, 0.5) is 0 Å². The minimum atomic E-state index is -0.727. The predicted octanol–water partition coefficient (Wildman–Crippen LogP) is 6.17. The molecule has 0 aliphatic rings. The van der Waals surface area contributed by atoms with Gasteiger partial charge in [0.25, 0.3) is 0 Å². The highest BCUT2D eigenvalue weighted by atomic mass is 35.5. The van der Waals surface area contributed by atoms with Crippen LogP contribution in [0.2, 0.25) is 20.1 Å². The Bertz CT molecular complexity index is 941. The second-order valence-electron chi connectivity index (χ2n) is 8.09. The average Bonchev–Trinajstić information content (AvgIpc) is 2.61. The average molecular weight is 490 g/mol. The molecule has 0 unspecified atom stereocenters. The molecule has 0 saturated heterocycles. The fraction of sp³-hybridized carbons (Fsp3) is 0.364. The van der Waals surface area contributed by atoms with Crippen molar-refractivity contribution in [2.45, 2.75) is 52.2 Å². The highest BCUT2D eigenvalue weighted by Gasteiger charge is 2.29. The van der Waals surface area contributed by atoms with Crippen LogP contribution >= 0.6 is 46.4 Å². The molecule has 0 bridgehead atoms. The molecule has 0 heterocycles. The third-order valence-electron chi connectivity index (χ3n) is 4.38. The van der Waals surface area contributed by atoms with E-state index in [2.05, 4.69) is 5.32 Å². The van der Waals surface area contributed by atoms with Gasteiger partial charge in [0.15, 0.2) is 0 Å². The Morgan fingerprint density at radius 2 is 1.43 bits per heavy atom. The number of carbonyl (C=O) groups excluding carboxylic acids is 2. The Kier molecular flexibility index (Phi) is 8.46. The van der Waals surface area contributed by atoms with Gasteiger partial charge in [-0.05, 0) is 63.1 Å². The largest absolute Gasteiger partial charge is 0.350 e. The Morgan fingerprint density at radius 1 is 0.933 bits per heavy atom. The number of hydrogen-bond acceptors (Lipinski definition) is 2. The van der Waals surface area contributed by atoms with Crippen LogP contribution in [-0.4, -0.2) is 28.3 Å². The van der Waals surface area contributed by atoms with Gasteiger partial charge >= 0.3 is 0 Å². The van der Waals surface area contributed by atoms with E-state index in [-0.39, 0.29) is 24.8 Å². The van der Waals surface area contributed by atoms with Crippen molar-refractivity contribution in [2.24, 2.45) is 0 Å². The fourth-order valence-electron chi connectivity index (χ4n) is 2.82. The molecular formula is C22H24Cl4N2O2. The maximum Gasteiger partial charge on any atom is 0.242 e. The smallest absolute Gasteiger partial charge is 0.242 e. The first kappa shape index (κ1) is 24.8. The highest BCUT2D eigenvalue weighted by Crippen LogP contribution is 2.25. The topological polar surface area (TPSA) is 49.4 Å². The standard InChI is InChI=1S/C22H24Cl4N2O2/c1-13(21(30)27-22(2,3)4)28(12-15-6-8-17(24)11-19(15)26)20(29)9-14-5-7-16(23)10-18(14)25/h5-8,10-11,13H,9,12H2,1-4H3,(H,27,30)/t13-/m1/s1. The van der Waals surface area contributed by atoms with Crippen LogP contribution in [0, 0.1) is 0 Å². The van der Waals surface area contributed by atoms with E-state index in [4.69, 9.17) is 46.4 Å². The van der Waals surface area contributed by atoms with Crippen LogP contribution in [0.5, 0.6) is 0 Å². The molecule has 2 rings (SSSR count). The van der Waals surface area contributed by atoms with Crippen LogP contribution in [0.25, 0.3) is 0 Å². The van der Waals surface area contributed by atoms with Crippen molar-refractivity contribution in [1.29, 1.82) is 0 Å². The van der Waals surface area contributed by atoms with Gasteiger partial charge in [-0.25, -0.2) is 0 Å². The number of nitrogens with one attached hydrogen (secondary N) is 1. The van der Waals surface area contributed by atoms with Crippen molar-refractivity contribution in [2.75, 3.05) is 0 Å². The predicted molar refractivity (Wildman–Crippen MR) is 125 cm³/mol. The summed E-state index contributed by atoms with van der Waals surface area (Å²) in [6.07, 6.45) is 0.0222. The molecule has 2 aromatic rings. The van der Waals surface area contributed by atoms with Gasteiger partial charge in [0.1, 0.15) is 6.04 Å². The molecule has 2 amide bonds. The summed E-state index contributed by atoms with van der Waals surface area (Å²) in [6, 6.07) is 9.28. The van der Waals surface area contributed by atoms with Gasteiger partial charge in [0.05, 0.1) is 6.42 Å². The summed E-state index contributed by atoms with van der Waals surface area (Å²) in [6.45, 7) is 7.49. The van der Waals surface area contributed by atoms with Gasteiger partial charge < -0.3 is 10.2 Å². The van der Waals surface area contributed by atoms with E-state index < -0.39 is 11.6 Å².